The minimum atomic E-state index is -0.876. The van der Waals surface area contributed by atoms with E-state index in [1.807, 2.05) is 0 Å². The van der Waals surface area contributed by atoms with Crippen LogP contribution in [0.15, 0.2) is 0 Å². The van der Waals surface area contributed by atoms with E-state index in [9.17, 15) is 5.11 Å². The predicted molar refractivity (Wildman–Crippen MR) is 108 cm³/mol. The van der Waals surface area contributed by atoms with E-state index in [-0.39, 0.29) is 0 Å². The van der Waals surface area contributed by atoms with Gasteiger partial charge in [0.05, 0.1) is 20.7 Å². The number of morpholine rings is 1. The molecule has 1 aliphatic rings. The van der Waals surface area contributed by atoms with Crippen LogP contribution in [0.4, 0.5) is 0 Å². The van der Waals surface area contributed by atoms with Crippen molar-refractivity contribution in [2.45, 2.75) is 109 Å². The Bertz CT molecular complexity index is 319. The lowest BCUT2D eigenvalue weighted by Crippen LogP contribution is -2.59. The van der Waals surface area contributed by atoms with Gasteiger partial charge < -0.3 is 14.3 Å². The Morgan fingerprint density at radius 2 is 1.20 bits per heavy atom. The minimum Gasteiger partial charge on any atom is -0.361 e. The van der Waals surface area contributed by atoms with Crippen LogP contribution in [0.25, 0.3) is 0 Å². The Balaban J connectivity index is 1.84. The fourth-order valence-electron chi connectivity index (χ4n) is 4.02. The van der Waals surface area contributed by atoms with Gasteiger partial charge in [0.25, 0.3) is 0 Å². The minimum absolute atomic E-state index is 0.683. The number of quaternary nitrogens is 1. The van der Waals surface area contributed by atoms with Crippen LogP contribution in [0.1, 0.15) is 103 Å². The zero-order valence-electron chi connectivity index (χ0n) is 17.5. The van der Waals surface area contributed by atoms with E-state index in [2.05, 4.69) is 21.0 Å². The molecular formula is C22H46NO2+. The van der Waals surface area contributed by atoms with E-state index in [1.165, 1.54) is 83.5 Å². The highest BCUT2D eigenvalue weighted by atomic mass is 16.6. The van der Waals surface area contributed by atoms with E-state index in [4.69, 9.17) is 4.74 Å². The second kappa shape index (κ2) is 13.1. The molecule has 0 aromatic carbocycles. The Labute approximate surface area is 157 Å². The smallest absolute Gasteiger partial charge is 0.216 e. The fourth-order valence-corrected chi connectivity index (χ4v) is 4.02. The molecule has 1 heterocycles. The van der Waals surface area contributed by atoms with Crippen molar-refractivity contribution in [1.82, 2.24) is 0 Å². The zero-order valence-corrected chi connectivity index (χ0v) is 17.5. The molecule has 1 N–H and O–H groups in total. The summed E-state index contributed by atoms with van der Waals surface area (Å²) in [7, 11) is 4.36. The van der Waals surface area contributed by atoms with Crippen LogP contribution in [0.3, 0.4) is 0 Å². The van der Waals surface area contributed by atoms with E-state index >= 15 is 0 Å². The third kappa shape index (κ3) is 12.0. The SMILES string of the molecule is CCCCCCCCCCCCCCCCC1(O)C[N+](C)(C)CCO1. The summed E-state index contributed by atoms with van der Waals surface area (Å²) in [5.41, 5.74) is 0. The molecule has 25 heavy (non-hydrogen) atoms. The third-order valence-corrected chi connectivity index (χ3v) is 5.66. The summed E-state index contributed by atoms with van der Waals surface area (Å²) in [5, 5.41) is 10.6. The second-order valence-electron chi connectivity index (χ2n) is 8.96. The summed E-state index contributed by atoms with van der Waals surface area (Å²) in [6.45, 7) is 4.69. The van der Waals surface area contributed by atoms with Gasteiger partial charge in [-0.2, -0.15) is 0 Å². The van der Waals surface area contributed by atoms with Gasteiger partial charge in [-0.15, -0.1) is 0 Å². The van der Waals surface area contributed by atoms with Crippen molar-refractivity contribution >= 4 is 0 Å². The van der Waals surface area contributed by atoms with Crippen molar-refractivity contribution in [1.29, 1.82) is 0 Å². The maximum absolute atomic E-state index is 10.6. The first-order chi connectivity index (χ1) is 12.0. The van der Waals surface area contributed by atoms with Crippen molar-refractivity contribution in [3.63, 3.8) is 0 Å². The van der Waals surface area contributed by atoms with Gasteiger partial charge in [0.2, 0.25) is 5.79 Å². The molecule has 1 unspecified atom stereocenters. The van der Waals surface area contributed by atoms with Gasteiger partial charge in [0.15, 0.2) is 0 Å². The monoisotopic (exact) mass is 356 g/mol. The molecule has 0 aliphatic carbocycles. The number of hydrogen-bond donors (Lipinski definition) is 1. The molecule has 0 radical (unpaired) electrons. The first-order valence-corrected chi connectivity index (χ1v) is 11.2. The summed E-state index contributed by atoms with van der Waals surface area (Å²) in [6, 6.07) is 0. The Kier molecular flexibility index (Phi) is 12.0. The average Bonchev–Trinajstić information content (AvgIpc) is 2.54. The molecular weight excluding hydrogens is 310 g/mol. The van der Waals surface area contributed by atoms with Crippen molar-refractivity contribution in [2.75, 3.05) is 33.8 Å². The standard InChI is InChI=1S/C22H46NO2/c1-4-5-6-7-8-9-10-11-12-13-14-15-16-17-18-22(24)21-23(2,3)19-20-25-22/h24H,4-21H2,1-3H3/q+1. The molecule has 0 spiro atoms. The summed E-state index contributed by atoms with van der Waals surface area (Å²) >= 11 is 0. The zero-order chi connectivity index (χ0) is 18.4. The van der Waals surface area contributed by atoms with Crippen LogP contribution in [-0.2, 0) is 4.74 Å². The molecule has 3 heteroatoms. The van der Waals surface area contributed by atoms with Crippen LogP contribution in [-0.4, -0.2) is 49.2 Å². The molecule has 3 nitrogen and oxygen atoms in total. The lowest BCUT2D eigenvalue weighted by molar-refractivity contribution is -0.911. The highest BCUT2D eigenvalue weighted by Crippen LogP contribution is 2.24. The van der Waals surface area contributed by atoms with Gasteiger partial charge in [0, 0.05) is 6.42 Å². The van der Waals surface area contributed by atoms with Gasteiger partial charge in [-0.05, 0) is 6.42 Å². The first-order valence-electron chi connectivity index (χ1n) is 11.2. The van der Waals surface area contributed by atoms with Gasteiger partial charge in [-0.1, -0.05) is 90.4 Å². The summed E-state index contributed by atoms with van der Waals surface area (Å²) < 4.78 is 6.52. The number of unbranched alkanes of at least 4 members (excludes halogenated alkanes) is 13. The number of likely N-dealkylation sites (N-methyl/N-ethyl adjacent to an activating group) is 1. The molecule has 150 valence electrons. The molecule has 1 aliphatic heterocycles. The Hall–Kier alpha value is -0.120. The highest BCUT2D eigenvalue weighted by Gasteiger charge is 2.39. The summed E-state index contributed by atoms with van der Waals surface area (Å²) in [5.74, 6) is -0.876. The summed E-state index contributed by atoms with van der Waals surface area (Å²) in [6.07, 6.45) is 20.0. The van der Waals surface area contributed by atoms with Crippen molar-refractivity contribution in [3.05, 3.63) is 0 Å². The first kappa shape index (κ1) is 22.9. The van der Waals surface area contributed by atoms with E-state index < -0.39 is 5.79 Å². The number of nitrogens with zero attached hydrogens (tertiary/aromatic N) is 1. The third-order valence-electron chi connectivity index (χ3n) is 5.66. The van der Waals surface area contributed by atoms with Crippen LogP contribution in [0, 0.1) is 0 Å². The molecule has 0 amide bonds. The average molecular weight is 357 g/mol. The highest BCUT2D eigenvalue weighted by molar-refractivity contribution is 4.70. The normalized spacial score (nSPS) is 23.0. The molecule has 0 aromatic heterocycles. The second-order valence-corrected chi connectivity index (χ2v) is 8.96. The largest absolute Gasteiger partial charge is 0.361 e. The van der Waals surface area contributed by atoms with Gasteiger partial charge in [-0.3, -0.25) is 0 Å². The van der Waals surface area contributed by atoms with Crippen LogP contribution < -0.4 is 0 Å². The molecule has 1 rings (SSSR count). The van der Waals surface area contributed by atoms with Crippen LogP contribution in [0.5, 0.6) is 0 Å². The number of rotatable bonds is 15. The lowest BCUT2D eigenvalue weighted by atomic mass is 10.0. The lowest BCUT2D eigenvalue weighted by Gasteiger charge is -2.42. The molecule has 1 saturated heterocycles. The van der Waals surface area contributed by atoms with Crippen molar-refractivity contribution in [2.24, 2.45) is 0 Å². The van der Waals surface area contributed by atoms with Crippen LogP contribution in [0.2, 0.25) is 0 Å². The topological polar surface area (TPSA) is 29.5 Å². The molecule has 0 aromatic rings. The molecule has 0 saturated carbocycles. The van der Waals surface area contributed by atoms with Gasteiger partial charge >= 0.3 is 0 Å². The van der Waals surface area contributed by atoms with E-state index in [1.54, 1.807) is 0 Å². The molecule has 1 atom stereocenters. The quantitative estimate of drug-likeness (QED) is 0.303. The predicted octanol–water partition coefficient (Wildman–Crippen LogP) is 5.65. The van der Waals surface area contributed by atoms with Crippen molar-refractivity contribution < 1.29 is 14.3 Å². The van der Waals surface area contributed by atoms with Crippen LogP contribution >= 0.6 is 0 Å². The van der Waals surface area contributed by atoms with Gasteiger partial charge in [-0.25, -0.2) is 0 Å². The number of ether oxygens (including phenoxy) is 1. The Morgan fingerprint density at radius 1 is 0.760 bits per heavy atom. The van der Waals surface area contributed by atoms with E-state index in [0.717, 1.165) is 30.4 Å². The molecule has 1 fully saturated rings. The van der Waals surface area contributed by atoms with E-state index in [0.29, 0.717) is 6.61 Å². The molecule has 0 bridgehead atoms. The summed E-state index contributed by atoms with van der Waals surface area (Å²) in [4.78, 5) is 0. The fraction of sp³-hybridized carbons (Fsp3) is 1.00. The number of aliphatic hydroxyl groups is 1. The van der Waals surface area contributed by atoms with Gasteiger partial charge in [0.1, 0.15) is 13.1 Å². The maximum Gasteiger partial charge on any atom is 0.216 e. The van der Waals surface area contributed by atoms with Crippen molar-refractivity contribution in [3.8, 4) is 0 Å². The maximum atomic E-state index is 10.6. The Morgan fingerprint density at radius 3 is 1.64 bits per heavy atom. The number of hydrogen-bond acceptors (Lipinski definition) is 2.